The van der Waals surface area contributed by atoms with Crippen LogP contribution in [0.5, 0.6) is 0 Å². The van der Waals surface area contributed by atoms with E-state index in [-0.39, 0.29) is 5.91 Å². The van der Waals surface area contributed by atoms with Gasteiger partial charge < -0.3 is 16.4 Å². The molecule has 0 bridgehead atoms. The summed E-state index contributed by atoms with van der Waals surface area (Å²) in [6, 6.07) is 0. The molecule has 0 aromatic heterocycles. The van der Waals surface area contributed by atoms with Crippen LogP contribution in [0.15, 0.2) is 0 Å². The van der Waals surface area contributed by atoms with E-state index in [0.717, 1.165) is 38.9 Å². The maximum atomic E-state index is 11.4. The second-order valence-corrected chi connectivity index (χ2v) is 7.59. The molecule has 0 saturated heterocycles. The van der Waals surface area contributed by atoms with Crippen LogP contribution in [-0.4, -0.2) is 32.1 Å². The zero-order chi connectivity index (χ0) is 19.1. The third-order valence-electron chi connectivity index (χ3n) is 4.92. The SMILES string of the molecule is CCCCCCCCCCCCCCNCCCCNC(=O)CCCN. The number of hydrogen-bond acceptors (Lipinski definition) is 3. The molecule has 26 heavy (non-hydrogen) atoms. The number of amides is 1. The minimum Gasteiger partial charge on any atom is -0.356 e. The average molecular weight is 370 g/mol. The van der Waals surface area contributed by atoms with Gasteiger partial charge in [0.15, 0.2) is 0 Å². The second kappa shape index (κ2) is 22.4. The van der Waals surface area contributed by atoms with Crippen LogP contribution in [0, 0.1) is 0 Å². The molecular formula is C22H47N3O. The van der Waals surface area contributed by atoms with Gasteiger partial charge in [-0.15, -0.1) is 0 Å². The molecule has 0 fully saturated rings. The molecule has 0 aromatic rings. The van der Waals surface area contributed by atoms with Gasteiger partial charge in [0.25, 0.3) is 0 Å². The predicted octanol–water partition coefficient (Wildman–Crippen LogP) is 4.91. The summed E-state index contributed by atoms with van der Waals surface area (Å²) in [5.74, 6) is 0.139. The Morgan fingerprint density at radius 3 is 1.65 bits per heavy atom. The fraction of sp³-hybridized carbons (Fsp3) is 0.955. The van der Waals surface area contributed by atoms with Crippen LogP contribution in [0.1, 0.15) is 110 Å². The summed E-state index contributed by atoms with van der Waals surface area (Å²) < 4.78 is 0. The molecule has 0 aromatic carbocycles. The van der Waals surface area contributed by atoms with Crippen molar-refractivity contribution in [3.8, 4) is 0 Å². The molecule has 0 heterocycles. The van der Waals surface area contributed by atoms with Gasteiger partial charge in [-0.3, -0.25) is 4.79 Å². The Morgan fingerprint density at radius 1 is 0.654 bits per heavy atom. The van der Waals surface area contributed by atoms with Crippen LogP contribution >= 0.6 is 0 Å². The lowest BCUT2D eigenvalue weighted by Gasteiger charge is -2.06. The van der Waals surface area contributed by atoms with Gasteiger partial charge in [-0.2, -0.15) is 0 Å². The van der Waals surface area contributed by atoms with Crippen LogP contribution in [0.25, 0.3) is 0 Å². The first-order valence-corrected chi connectivity index (χ1v) is 11.5. The number of rotatable bonds is 21. The van der Waals surface area contributed by atoms with Gasteiger partial charge >= 0.3 is 0 Å². The summed E-state index contributed by atoms with van der Waals surface area (Å²) >= 11 is 0. The van der Waals surface area contributed by atoms with E-state index >= 15 is 0 Å². The van der Waals surface area contributed by atoms with Gasteiger partial charge in [-0.1, -0.05) is 77.6 Å². The molecule has 0 saturated carbocycles. The van der Waals surface area contributed by atoms with E-state index in [9.17, 15) is 4.79 Å². The summed E-state index contributed by atoms with van der Waals surface area (Å²) in [5, 5.41) is 6.46. The molecule has 1 amide bonds. The van der Waals surface area contributed by atoms with E-state index in [1.807, 2.05) is 0 Å². The van der Waals surface area contributed by atoms with E-state index in [0.29, 0.717) is 13.0 Å². The summed E-state index contributed by atoms with van der Waals surface area (Å²) in [7, 11) is 0. The van der Waals surface area contributed by atoms with Crippen molar-refractivity contribution in [1.29, 1.82) is 0 Å². The van der Waals surface area contributed by atoms with Crippen LogP contribution in [0.4, 0.5) is 0 Å². The van der Waals surface area contributed by atoms with E-state index in [1.165, 1.54) is 77.0 Å². The largest absolute Gasteiger partial charge is 0.356 e. The molecule has 156 valence electrons. The third-order valence-corrected chi connectivity index (χ3v) is 4.92. The molecule has 0 spiro atoms. The Morgan fingerprint density at radius 2 is 1.12 bits per heavy atom. The normalized spacial score (nSPS) is 11.0. The van der Waals surface area contributed by atoms with Crippen molar-refractivity contribution < 1.29 is 4.79 Å². The fourth-order valence-electron chi connectivity index (χ4n) is 3.17. The average Bonchev–Trinajstić information content (AvgIpc) is 2.65. The lowest BCUT2D eigenvalue weighted by atomic mass is 10.1. The topological polar surface area (TPSA) is 67.1 Å². The van der Waals surface area contributed by atoms with Crippen LogP contribution in [0.3, 0.4) is 0 Å². The summed E-state index contributed by atoms with van der Waals surface area (Å²) in [5.41, 5.74) is 5.39. The minimum atomic E-state index is 0.139. The first-order chi connectivity index (χ1) is 12.8. The first kappa shape index (κ1) is 25.4. The number of unbranched alkanes of at least 4 members (excludes halogenated alkanes) is 12. The maximum Gasteiger partial charge on any atom is 0.220 e. The molecule has 4 heteroatoms. The molecule has 0 aliphatic carbocycles. The fourth-order valence-corrected chi connectivity index (χ4v) is 3.17. The highest BCUT2D eigenvalue weighted by atomic mass is 16.1. The first-order valence-electron chi connectivity index (χ1n) is 11.5. The van der Waals surface area contributed by atoms with Crippen molar-refractivity contribution in [1.82, 2.24) is 10.6 Å². The Bertz CT molecular complexity index is 285. The Kier molecular flexibility index (Phi) is 21.9. The van der Waals surface area contributed by atoms with E-state index in [2.05, 4.69) is 17.6 Å². The smallest absolute Gasteiger partial charge is 0.220 e. The van der Waals surface area contributed by atoms with Crippen LogP contribution < -0.4 is 16.4 Å². The maximum absolute atomic E-state index is 11.4. The van der Waals surface area contributed by atoms with Crippen LogP contribution in [-0.2, 0) is 4.79 Å². The predicted molar refractivity (Wildman–Crippen MR) is 114 cm³/mol. The quantitative estimate of drug-likeness (QED) is 0.252. The third kappa shape index (κ3) is 21.4. The molecule has 0 aliphatic heterocycles. The molecule has 4 nitrogen and oxygen atoms in total. The monoisotopic (exact) mass is 369 g/mol. The van der Waals surface area contributed by atoms with Gasteiger partial charge in [0.05, 0.1) is 0 Å². The highest BCUT2D eigenvalue weighted by molar-refractivity contribution is 5.75. The summed E-state index contributed by atoms with van der Waals surface area (Å²) in [4.78, 5) is 11.4. The molecule has 4 N–H and O–H groups in total. The number of carbonyl (C=O) groups is 1. The lowest BCUT2D eigenvalue weighted by molar-refractivity contribution is -0.121. The molecule has 0 aliphatic rings. The lowest BCUT2D eigenvalue weighted by Crippen LogP contribution is -2.25. The molecule has 0 rings (SSSR count). The second-order valence-electron chi connectivity index (χ2n) is 7.59. The Labute approximate surface area is 163 Å². The van der Waals surface area contributed by atoms with E-state index < -0.39 is 0 Å². The highest BCUT2D eigenvalue weighted by Crippen LogP contribution is 2.11. The molecule has 0 radical (unpaired) electrons. The standard InChI is InChI=1S/C22H47N3O/c1-2-3-4-5-6-7-8-9-10-11-12-13-19-24-20-14-15-21-25-22(26)17-16-18-23/h24H,2-21,23H2,1H3,(H,25,26). The van der Waals surface area contributed by atoms with Gasteiger partial charge in [0.1, 0.15) is 0 Å². The van der Waals surface area contributed by atoms with Gasteiger partial charge in [-0.25, -0.2) is 0 Å². The molecular weight excluding hydrogens is 322 g/mol. The van der Waals surface area contributed by atoms with Gasteiger partial charge in [0, 0.05) is 13.0 Å². The summed E-state index contributed by atoms with van der Waals surface area (Å²) in [6.07, 6.45) is 20.4. The Hall–Kier alpha value is -0.610. The van der Waals surface area contributed by atoms with Gasteiger partial charge in [0.2, 0.25) is 5.91 Å². The van der Waals surface area contributed by atoms with Crippen molar-refractivity contribution in [2.24, 2.45) is 5.73 Å². The van der Waals surface area contributed by atoms with Crippen molar-refractivity contribution in [3.05, 3.63) is 0 Å². The highest BCUT2D eigenvalue weighted by Gasteiger charge is 1.98. The van der Waals surface area contributed by atoms with Crippen molar-refractivity contribution in [2.45, 2.75) is 110 Å². The zero-order valence-electron chi connectivity index (χ0n) is 17.6. The minimum absolute atomic E-state index is 0.139. The van der Waals surface area contributed by atoms with Crippen molar-refractivity contribution >= 4 is 5.91 Å². The molecule has 0 atom stereocenters. The number of nitrogens with one attached hydrogen (secondary N) is 2. The van der Waals surface area contributed by atoms with Crippen LogP contribution in [0.2, 0.25) is 0 Å². The summed E-state index contributed by atoms with van der Waals surface area (Å²) in [6.45, 7) is 5.88. The van der Waals surface area contributed by atoms with Gasteiger partial charge in [-0.05, 0) is 45.3 Å². The number of carbonyl (C=O) groups excluding carboxylic acids is 1. The van der Waals surface area contributed by atoms with E-state index in [1.54, 1.807) is 0 Å². The molecule has 0 unspecified atom stereocenters. The van der Waals surface area contributed by atoms with Crippen molar-refractivity contribution in [2.75, 3.05) is 26.2 Å². The van der Waals surface area contributed by atoms with Crippen molar-refractivity contribution in [3.63, 3.8) is 0 Å². The van der Waals surface area contributed by atoms with E-state index in [4.69, 9.17) is 5.73 Å². The Balaban J connectivity index is 3.04. The number of nitrogens with two attached hydrogens (primary N) is 1. The number of hydrogen-bond donors (Lipinski definition) is 3. The zero-order valence-corrected chi connectivity index (χ0v) is 17.6.